The maximum absolute atomic E-state index is 13.1. The van der Waals surface area contributed by atoms with Gasteiger partial charge in [0.25, 0.3) is 5.91 Å². The number of hydrogen-bond donors (Lipinski definition) is 1. The van der Waals surface area contributed by atoms with E-state index in [2.05, 4.69) is 5.32 Å². The molecule has 8 nitrogen and oxygen atoms in total. The Morgan fingerprint density at radius 1 is 1.13 bits per heavy atom. The molecule has 3 rings (SSSR count). The topological polar surface area (TPSA) is 90.2 Å². The molecular weight excluding hydrogens is 400 g/mol. The van der Waals surface area contributed by atoms with Gasteiger partial charge in [-0.05, 0) is 35.7 Å². The molecule has 8 heteroatoms. The molecule has 1 fully saturated rings. The molecule has 2 amide bonds. The summed E-state index contributed by atoms with van der Waals surface area (Å²) >= 11 is 0. The second kappa shape index (κ2) is 9.76. The Bertz CT molecular complexity index is 884. The Hall–Kier alpha value is -3.16. The minimum Gasteiger partial charge on any atom is -0.493 e. The van der Waals surface area contributed by atoms with Gasteiger partial charge in [-0.3, -0.25) is 9.59 Å². The van der Waals surface area contributed by atoms with Crippen LogP contribution in [0, 0.1) is 11.8 Å². The van der Waals surface area contributed by atoms with Crippen LogP contribution in [-0.2, 0) is 4.79 Å². The van der Waals surface area contributed by atoms with Crippen LogP contribution >= 0.6 is 0 Å². The molecule has 2 heterocycles. The molecule has 1 N–H and O–H groups in total. The van der Waals surface area contributed by atoms with Crippen LogP contribution in [0.2, 0.25) is 0 Å². The summed E-state index contributed by atoms with van der Waals surface area (Å²) in [4.78, 5) is 27.6. The highest BCUT2D eigenvalue weighted by atomic mass is 16.5. The largest absolute Gasteiger partial charge is 0.493 e. The minimum atomic E-state index is -0.416. The molecule has 2 unspecified atom stereocenters. The lowest BCUT2D eigenvalue weighted by molar-refractivity contribution is -0.125. The van der Waals surface area contributed by atoms with E-state index in [1.165, 1.54) is 6.26 Å². The average molecular weight is 431 g/mol. The molecule has 1 aromatic heterocycles. The third-order valence-corrected chi connectivity index (χ3v) is 5.48. The molecular formula is C23H30N2O6. The van der Waals surface area contributed by atoms with Gasteiger partial charge in [-0.15, -0.1) is 0 Å². The number of nitrogens with zero attached hydrogens (tertiary/aromatic N) is 1. The van der Waals surface area contributed by atoms with Gasteiger partial charge in [0.1, 0.15) is 0 Å². The normalized spacial score (nSPS) is 18.2. The van der Waals surface area contributed by atoms with Crippen molar-refractivity contribution in [3.05, 3.63) is 41.9 Å². The average Bonchev–Trinajstić information content (AvgIpc) is 3.46. The van der Waals surface area contributed by atoms with Crippen molar-refractivity contribution in [3.63, 3.8) is 0 Å². The van der Waals surface area contributed by atoms with Crippen molar-refractivity contribution in [1.29, 1.82) is 0 Å². The van der Waals surface area contributed by atoms with Gasteiger partial charge in [0.15, 0.2) is 17.3 Å². The minimum absolute atomic E-state index is 0.0813. The molecule has 1 aliphatic rings. The van der Waals surface area contributed by atoms with E-state index in [0.717, 1.165) is 5.56 Å². The van der Waals surface area contributed by atoms with Crippen LogP contribution in [0.3, 0.4) is 0 Å². The van der Waals surface area contributed by atoms with Crippen LogP contribution in [0.1, 0.15) is 35.9 Å². The number of carbonyl (C=O) groups is 2. The molecule has 0 saturated carbocycles. The lowest BCUT2D eigenvalue weighted by Crippen LogP contribution is -2.37. The molecule has 2 aromatic rings. The van der Waals surface area contributed by atoms with Gasteiger partial charge in [-0.2, -0.15) is 0 Å². The fourth-order valence-electron chi connectivity index (χ4n) is 3.88. The van der Waals surface area contributed by atoms with E-state index in [4.69, 9.17) is 18.6 Å². The second-order valence-electron chi connectivity index (χ2n) is 8.00. The molecule has 1 aliphatic heterocycles. The smallest absolute Gasteiger partial charge is 0.289 e. The lowest BCUT2D eigenvalue weighted by Gasteiger charge is -2.21. The summed E-state index contributed by atoms with van der Waals surface area (Å²) in [5.74, 6) is 1.11. The molecule has 1 saturated heterocycles. The van der Waals surface area contributed by atoms with Gasteiger partial charge < -0.3 is 28.8 Å². The van der Waals surface area contributed by atoms with E-state index in [1.807, 2.05) is 26.0 Å². The number of likely N-dealkylation sites (tertiary alicyclic amines) is 1. The highest BCUT2D eigenvalue weighted by molar-refractivity contribution is 5.92. The van der Waals surface area contributed by atoms with Gasteiger partial charge in [-0.25, -0.2) is 0 Å². The van der Waals surface area contributed by atoms with E-state index in [1.54, 1.807) is 38.4 Å². The molecule has 0 aliphatic carbocycles. The SMILES string of the molecule is COc1cc(C2CN(C(=O)c3ccco3)CC2C(=O)NCC(C)C)cc(OC)c1OC. The summed E-state index contributed by atoms with van der Waals surface area (Å²) in [6, 6.07) is 6.99. The highest BCUT2D eigenvalue weighted by Gasteiger charge is 2.41. The number of methoxy groups -OCH3 is 3. The Morgan fingerprint density at radius 2 is 1.81 bits per heavy atom. The van der Waals surface area contributed by atoms with Crippen LogP contribution in [-0.4, -0.2) is 57.7 Å². The molecule has 2 atom stereocenters. The Morgan fingerprint density at radius 3 is 2.32 bits per heavy atom. The first-order valence-corrected chi connectivity index (χ1v) is 10.3. The molecule has 0 spiro atoms. The summed E-state index contributed by atoms with van der Waals surface area (Å²) in [5.41, 5.74) is 0.842. The monoisotopic (exact) mass is 430 g/mol. The van der Waals surface area contributed by atoms with Gasteiger partial charge in [0.2, 0.25) is 11.7 Å². The van der Waals surface area contributed by atoms with Crippen LogP contribution in [0.25, 0.3) is 0 Å². The number of hydrogen-bond acceptors (Lipinski definition) is 6. The van der Waals surface area contributed by atoms with E-state index < -0.39 is 5.92 Å². The molecule has 0 radical (unpaired) electrons. The van der Waals surface area contributed by atoms with Crippen molar-refractivity contribution in [3.8, 4) is 17.2 Å². The van der Waals surface area contributed by atoms with Crippen LogP contribution in [0.4, 0.5) is 0 Å². The van der Waals surface area contributed by atoms with Gasteiger partial charge in [0.05, 0.1) is 33.5 Å². The van der Waals surface area contributed by atoms with E-state index in [9.17, 15) is 9.59 Å². The molecule has 0 bridgehead atoms. The zero-order chi connectivity index (χ0) is 22.5. The maximum Gasteiger partial charge on any atom is 0.289 e. The zero-order valence-electron chi connectivity index (χ0n) is 18.6. The highest BCUT2D eigenvalue weighted by Crippen LogP contribution is 2.43. The number of rotatable bonds is 8. The van der Waals surface area contributed by atoms with Gasteiger partial charge >= 0.3 is 0 Å². The first-order chi connectivity index (χ1) is 14.9. The van der Waals surface area contributed by atoms with Crippen molar-refractivity contribution in [2.45, 2.75) is 19.8 Å². The summed E-state index contributed by atoms with van der Waals surface area (Å²) < 4.78 is 21.7. The summed E-state index contributed by atoms with van der Waals surface area (Å²) in [6.07, 6.45) is 1.47. The summed E-state index contributed by atoms with van der Waals surface area (Å²) in [6.45, 7) is 5.32. The predicted molar refractivity (Wildman–Crippen MR) is 115 cm³/mol. The zero-order valence-corrected chi connectivity index (χ0v) is 18.6. The van der Waals surface area contributed by atoms with Crippen molar-refractivity contribution >= 4 is 11.8 Å². The summed E-state index contributed by atoms with van der Waals surface area (Å²) in [7, 11) is 4.64. The molecule has 168 valence electrons. The summed E-state index contributed by atoms with van der Waals surface area (Å²) in [5, 5.41) is 3.01. The molecule has 31 heavy (non-hydrogen) atoms. The third kappa shape index (κ3) is 4.78. The third-order valence-electron chi connectivity index (χ3n) is 5.48. The van der Waals surface area contributed by atoms with Crippen molar-refractivity contribution in [1.82, 2.24) is 10.2 Å². The van der Waals surface area contributed by atoms with Crippen molar-refractivity contribution in [2.24, 2.45) is 11.8 Å². The standard InChI is InChI=1S/C23H30N2O6/c1-14(2)11-24-22(26)17-13-25(23(27)18-7-6-8-31-18)12-16(17)15-9-19(28-3)21(30-5)20(10-15)29-4/h6-10,14,16-17H,11-13H2,1-5H3,(H,24,26). The second-order valence-corrected chi connectivity index (χ2v) is 8.00. The van der Waals surface area contributed by atoms with Crippen molar-refractivity contribution in [2.75, 3.05) is 41.0 Å². The Labute approximate surface area is 182 Å². The van der Waals surface area contributed by atoms with Crippen molar-refractivity contribution < 1.29 is 28.2 Å². The quantitative estimate of drug-likeness (QED) is 0.693. The van der Waals surface area contributed by atoms with E-state index in [0.29, 0.717) is 42.8 Å². The van der Waals surface area contributed by atoms with E-state index >= 15 is 0 Å². The number of benzene rings is 1. The van der Waals surface area contributed by atoms with E-state index in [-0.39, 0.29) is 23.5 Å². The first-order valence-electron chi connectivity index (χ1n) is 10.3. The number of carbonyl (C=O) groups excluding carboxylic acids is 2. The predicted octanol–water partition coefficient (Wildman–Crippen LogP) is 2.93. The van der Waals surface area contributed by atoms with Crippen LogP contribution < -0.4 is 19.5 Å². The number of amides is 2. The number of nitrogens with one attached hydrogen (secondary N) is 1. The Balaban J connectivity index is 1.96. The molecule has 1 aromatic carbocycles. The fourth-order valence-corrected chi connectivity index (χ4v) is 3.88. The number of ether oxygens (including phenoxy) is 3. The maximum atomic E-state index is 13.1. The van der Waals surface area contributed by atoms with Crippen LogP contribution in [0.5, 0.6) is 17.2 Å². The van der Waals surface area contributed by atoms with Crippen LogP contribution in [0.15, 0.2) is 34.9 Å². The van der Waals surface area contributed by atoms with Gasteiger partial charge in [0, 0.05) is 25.6 Å². The lowest BCUT2D eigenvalue weighted by atomic mass is 9.87. The number of furan rings is 1. The van der Waals surface area contributed by atoms with Gasteiger partial charge in [-0.1, -0.05) is 13.8 Å². The fraction of sp³-hybridized carbons (Fsp3) is 0.478. The first kappa shape index (κ1) is 22.5. The Kier molecular flexibility index (Phi) is 7.09.